The highest BCUT2D eigenvalue weighted by Gasteiger charge is 2.24. The number of aliphatic carboxylic acids is 1. The van der Waals surface area contributed by atoms with Crippen molar-refractivity contribution in [1.29, 1.82) is 0 Å². The molecule has 5 nitrogen and oxygen atoms in total. The fraction of sp³-hybridized carbons (Fsp3) is 0.333. The van der Waals surface area contributed by atoms with E-state index in [9.17, 15) is 22.8 Å². The lowest BCUT2D eigenvalue weighted by Gasteiger charge is -2.17. The Hall–Kier alpha value is -2.25. The van der Waals surface area contributed by atoms with Crippen molar-refractivity contribution in [2.45, 2.75) is 12.8 Å². The van der Waals surface area contributed by atoms with Crippen LogP contribution in [0.4, 0.5) is 13.2 Å². The Morgan fingerprint density at radius 3 is 2.40 bits per heavy atom. The molecule has 1 aromatic rings. The van der Waals surface area contributed by atoms with Crippen LogP contribution in [0.3, 0.4) is 0 Å². The number of phenols is 1. The Morgan fingerprint density at radius 1 is 1.25 bits per heavy atom. The Morgan fingerprint density at radius 2 is 1.85 bits per heavy atom. The maximum atomic E-state index is 13.5. The van der Waals surface area contributed by atoms with Gasteiger partial charge in [-0.3, -0.25) is 9.59 Å². The van der Waals surface area contributed by atoms with Gasteiger partial charge in [0.05, 0.1) is 5.56 Å². The van der Waals surface area contributed by atoms with Gasteiger partial charge in [0.1, 0.15) is 0 Å². The number of amides is 1. The van der Waals surface area contributed by atoms with E-state index in [1.165, 1.54) is 7.05 Å². The van der Waals surface area contributed by atoms with Gasteiger partial charge in [0.15, 0.2) is 17.4 Å². The van der Waals surface area contributed by atoms with Crippen LogP contribution in [0.5, 0.6) is 5.75 Å². The number of rotatable bonds is 5. The lowest BCUT2D eigenvalue weighted by molar-refractivity contribution is -0.137. The largest absolute Gasteiger partial charge is 0.503 e. The van der Waals surface area contributed by atoms with Crippen LogP contribution in [0.25, 0.3) is 0 Å². The summed E-state index contributed by atoms with van der Waals surface area (Å²) in [5.41, 5.74) is -0.820. The number of carboxylic acid groups (broad SMARTS) is 1. The van der Waals surface area contributed by atoms with Crippen molar-refractivity contribution in [3.63, 3.8) is 0 Å². The van der Waals surface area contributed by atoms with Gasteiger partial charge in [-0.2, -0.15) is 4.39 Å². The molecule has 0 aliphatic rings. The first kappa shape index (κ1) is 15.8. The fourth-order valence-electron chi connectivity index (χ4n) is 1.52. The summed E-state index contributed by atoms with van der Waals surface area (Å²) < 4.78 is 39.4. The zero-order valence-electron chi connectivity index (χ0n) is 10.5. The molecule has 110 valence electrons. The number of hydrogen-bond donors (Lipinski definition) is 2. The van der Waals surface area contributed by atoms with Crippen molar-refractivity contribution < 1.29 is 33.0 Å². The van der Waals surface area contributed by atoms with Crippen LogP contribution in [-0.2, 0) is 4.79 Å². The standard InChI is InChI=1S/C12H12F3NO4/c1-16(4-2-3-8(17)18)12(20)6-5-7(13)10(15)11(19)9(6)14/h5,19H,2-4H2,1H3,(H,17,18). The van der Waals surface area contributed by atoms with E-state index < -0.39 is 40.6 Å². The topological polar surface area (TPSA) is 77.8 Å². The van der Waals surface area contributed by atoms with E-state index in [0.717, 1.165) is 4.90 Å². The molecule has 0 radical (unpaired) electrons. The summed E-state index contributed by atoms with van der Waals surface area (Å²) in [4.78, 5) is 23.1. The third-order valence-corrected chi connectivity index (χ3v) is 2.59. The molecule has 0 bridgehead atoms. The van der Waals surface area contributed by atoms with E-state index in [2.05, 4.69) is 0 Å². The van der Waals surface area contributed by atoms with Gasteiger partial charge >= 0.3 is 5.97 Å². The van der Waals surface area contributed by atoms with Gasteiger partial charge in [0.2, 0.25) is 5.82 Å². The number of aromatic hydroxyl groups is 1. The predicted octanol–water partition coefficient (Wildman–Crippen LogP) is 1.75. The summed E-state index contributed by atoms with van der Waals surface area (Å²) in [6.45, 7) is -0.00959. The van der Waals surface area contributed by atoms with Gasteiger partial charge in [-0.25, -0.2) is 8.78 Å². The molecule has 0 unspecified atom stereocenters. The Labute approximate surface area is 112 Å². The number of nitrogens with zero attached hydrogens (tertiary/aromatic N) is 1. The smallest absolute Gasteiger partial charge is 0.303 e. The number of hydrogen-bond acceptors (Lipinski definition) is 3. The van der Waals surface area contributed by atoms with Crippen LogP contribution in [0.2, 0.25) is 0 Å². The maximum absolute atomic E-state index is 13.5. The van der Waals surface area contributed by atoms with Crippen LogP contribution in [0, 0.1) is 17.5 Å². The Bertz CT molecular complexity index is 548. The molecular weight excluding hydrogens is 279 g/mol. The van der Waals surface area contributed by atoms with Gasteiger partial charge in [0.25, 0.3) is 5.91 Å². The van der Waals surface area contributed by atoms with Crippen molar-refractivity contribution in [2.24, 2.45) is 0 Å². The molecule has 0 aromatic heterocycles. The molecule has 0 fully saturated rings. The zero-order chi connectivity index (χ0) is 15.4. The second-order valence-electron chi connectivity index (χ2n) is 4.11. The SMILES string of the molecule is CN(CCCC(=O)O)C(=O)c1cc(F)c(F)c(O)c1F. The van der Waals surface area contributed by atoms with Crippen molar-refractivity contribution in [3.05, 3.63) is 29.1 Å². The molecular formula is C12H12F3NO4. The highest BCUT2D eigenvalue weighted by atomic mass is 19.2. The summed E-state index contributed by atoms with van der Waals surface area (Å²) in [5.74, 6) is -8.48. The summed E-state index contributed by atoms with van der Waals surface area (Å²) in [7, 11) is 1.25. The third-order valence-electron chi connectivity index (χ3n) is 2.59. The summed E-state index contributed by atoms with van der Waals surface area (Å²) in [6, 6.07) is 0.348. The minimum Gasteiger partial charge on any atom is -0.503 e. The molecule has 0 saturated carbocycles. The minimum absolute atomic E-state index is 0.00959. The number of halogens is 3. The van der Waals surface area contributed by atoms with Crippen molar-refractivity contribution in [1.82, 2.24) is 4.90 Å². The van der Waals surface area contributed by atoms with Crippen molar-refractivity contribution in [2.75, 3.05) is 13.6 Å². The van der Waals surface area contributed by atoms with Crippen molar-refractivity contribution >= 4 is 11.9 Å². The molecule has 0 saturated heterocycles. The average Bonchev–Trinajstić information content (AvgIpc) is 2.39. The zero-order valence-corrected chi connectivity index (χ0v) is 10.5. The normalized spacial score (nSPS) is 10.4. The monoisotopic (exact) mass is 291 g/mol. The quantitative estimate of drug-likeness (QED) is 0.810. The molecule has 1 rings (SSSR count). The summed E-state index contributed by atoms with van der Waals surface area (Å²) >= 11 is 0. The van der Waals surface area contributed by atoms with E-state index in [0.29, 0.717) is 6.07 Å². The second kappa shape index (κ2) is 6.27. The summed E-state index contributed by atoms with van der Waals surface area (Å²) in [5, 5.41) is 17.5. The number of carbonyl (C=O) groups excluding carboxylic acids is 1. The fourth-order valence-corrected chi connectivity index (χ4v) is 1.52. The van der Waals surface area contributed by atoms with Crippen LogP contribution in [0.1, 0.15) is 23.2 Å². The molecule has 8 heteroatoms. The first-order valence-electron chi connectivity index (χ1n) is 5.59. The molecule has 0 aliphatic carbocycles. The van der Waals surface area contributed by atoms with E-state index >= 15 is 0 Å². The lowest BCUT2D eigenvalue weighted by Crippen LogP contribution is -2.29. The number of carbonyl (C=O) groups is 2. The van der Waals surface area contributed by atoms with E-state index in [1.807, 2.05) is 0 Å². The van der Waals surface area contributed by atoms with E-state index in [1.54, 1.807) is 0 Å². The van der Waals surface area contributed by atoms with Gasteiger partial charge in [0, 0.05) is 20.0 Å². The van der Waals surface area contributed by atoms with Crippen LogP contribution in [0.15, 0.2) is 6.07 Å². The highest BCUT2D eigenvalue weighted by molar-refractivity contribution is 5.94. The molecule has 2 N–H and O–H groups in total. The van der Waals surface area contributed by atoms with E-state index in [-0.39, 0.29) is 19.4 Å². The first-order valence-corrected chi connectivity index (χ1v) is 5.59. The molecule has 1 aromatic carbocycles. The highest BCUT2D eigenvalue weighted by Crippen LogP contribution is 2.26. The van der Waals surface area contributed by atoms with Gasteiger partial charge in [-0.15, -0.1) is 0 Å². The van der Waals surface area contributed by atoms with Crippen LogP contribution < -0.4 is 0 Å². The predicted molar refractivity (Wildman–Crippen MR) is 61.8 cm³/mol. The van der Waals surface area contributed by atoms with Crippen LogP contribution in [-0.4, -0.2) is 40.6 Å². The molecule has 0 aliphatic heterocycles. The molecule has 1 amide bonds. The number of benzene rings is 1. The molecule has 0 atom stereocenters. The Balaban J connectivity index is 2.89. The van der Waals surface area contributed by atoms with E-state index in [4.69, 9.17) is 10.2 Å². The molecule has 0 spiro atoms. The average molecular weight is 291 g/mol. The minimum atomic E-state index is -1.77. The van der Waals surface area contributed by atoms with Crippen LogP contribution >= 0.6 is 0 Å². The van der Waals surface area contributed by atoms with Gasteiger partial charge in [-0.1, -0.05) is 0 Å². The van der Waals surface area contributed by atoms with Gasteiger partial charge in [-0.05, 0) is 12.5 Å². The molecule has 20 heavy (non-hydrogen) atoms. The maximum Gasteiger partial charge on any atom is 0.303 e. The lowest BCUT2D eigenvalue weighted by atomic mass is 10.1. The number of phenolic OH excluding ortho intramolecular Hbond substituents is 1. The first-order chi connectivity index (χ1) is 9.25. The third kappa shape index (κ3) is 3.40. The van der Waals surface area contributed by atoms with Crippen molar-refractivity contribution in [3.8, 4) is 5.75 Å². The Kier molecular flexibility index (Phi) is 4.95. The summed E-state index contributed by atoms with van der Waals surface area (Å²) in [6.07, 6.45) is -0.0714. The second-order valence-corrected chi connectivity index (χ2v) is 4.11. The molecule has 0 heterocycles. The number of carboxylic acids is 1. The van der Waals surface area contributed by atoms with Gasteiger partial charge < -0.3 is 15.1 Å².